The molecule has 24 heavy (non-hydrogen) atoms. The highest BCUT2D eigenvalue weighted by Crippen LogP contribution is 2.37. The molecule has 0 bridgehead atoms. The minimum atomic E-state index is -0.162. The zero-order valence-electron chi connectivity index (χ0n) is 15.7. The van der Waals surface area contributed by atoms with Crippen molar-refractivity contribution < 1.29 is 9.53 Å². The van der Waals surface area contributed by atoms with E-state index in [2.05, 4.69) is 52.0 Å². The van der Waals surface area contributed by atoms with E-state index in [1.165, 1.54) is 27.8 Å². The maximum Gasteiger partial charge on any atom is 0.338 e. The molecule has 1 aliphatic carbocycles. The van der Waals surface area contributed by atoms with E-state index in [0.29, 0.717) is 6.61 Å². The van der Waals surface area contributed by atoms with E-state index >= 15 is 0 Å². The monoisotopic (exact) mass is 326 g/mol. The first-order valence-electron chi connectivity index (χ1n) is 9.35. The van der Waals surface area contributed by atoms with Gasteiger partial charge < -0.3 is 4.74 Å². The van der Waals surface area contributed by atoms with Crippen LogP contribution in [0.2, 0.25) is 0 Å². The first kappa shape index (κ1) is 18.5. The van der Waals surface area contributed by atoms with Gasteiger partial charge in [-0.1, -0.05) is 52.0 Å². The summed E-state index contributed by atoms with van der Waals surface area (Å²) in [6, 6.07) is 0. The lowest BCUT2D eigenvalue weighted by Gasteiger charge is -2.26. The van der Waals surface area contributed by atoms with Crippen LogP contribution in [0.4, 0.5) is 0 Å². The zero-order valence-corrected chi connectivity index (χ0v) is 15.7. The van der Waals surface area contributed by atoms with Gasteiger partial charge in [-0.3, -0.25) is 0 Å². The molecule has 0 N–H and O–H groups in total. The topological polar surface area (TPSA) is 26.3 Å². The average Bonchev–Trinajstić information content (AvgIpc) is 3.13. The summed E-state index contributed by atoms with van der Waals surface area (Å²) in [5.74, 6) is 0.0194. The van der Waals surface area contributed by atoms with Crippen molar-refractivity contribution in [2.75, 3.05) is 6.61 Å². The lowest BCUT2D eigenvalue weighted by atomic mass is 9.78. The molecular weight excluding hydrogens is 296 g/mol. The van der Waals surface area contributed by atoms with Crippen LogP contribution in [0.15, 0.2) is 24.3 Å². The molecule has 0 aliphatic heterocycles. The van der Waals surface area contributed by atoms with Crippen molar-refractivity contribution in [3.8, 4) is 0 Å². The number of benzene rings is 1. The normalized spacial score (nSPS) is 13.7. The van der Waals surface area contributed by atoms with Crippen LogP contribution in [-0.4, -0.2) is 12.6 Å². The Balaban J connectivity index is 2.88. The Labute approximate surface area is 146 Å². The van der Waals surface area contributed by atoms with Crippen molar-refractivity contribution in [2.45, 2.75) is 66.2 Å². The number of allylic oxidation sites excluding steroid dienone is 4. The Morgan fingerprint density at radius 2 is 1.33 bits per heavy atom. The van der Waals surface area contributed by atoms with Gasteiger partial charge in [0.25, 0.3) is 0 Å². The quantitative estimate of drug-likeness (QED) is 0.634. The van der Waals surface area contributed by atoms with E-state index in [4.69, 9.17) is 4.74 Å². The van der Waals surface area contributed by atoms with E-state index in [-0.39, 0.29) is 11.9 Å². The van der Waals surface area contributed by atoms with E-state index in [0.717, 1.165) is 31.2 Å². The number of rotatable bonds is 7. The number of ether oxygens (including phenoxy) is 1. The van der Waals surface area contributed by atoms with Crippen LogP contribution in [0.3, 0.4) is 0 Å². The second-order valence-corrected chi connectivity index (χ2v) is 6.13. The number of carbonyl (C=O) groups is 1. The summed E-state index contributed by atoms with van der Waals surface area (Å²) in [5, 5.41) is 0. The lowest BCUT2D eigenvalue weighted by Crippen LogP contribution is -2.19. The molecule has 0 atom stereocenters. The lowest BCUT2D eigenvalue weighted by molar-refractivity contribution is 0.0523. The molecule has 2 nitrogen and oxygen atoms in total. The minimum Gasteiger partial charge on any atom is -0.462 e. The van der Waals surface area contributed by atoms with Crippen molar-refractivity contribution in [3.63, 3.8) is 0 Å². The molecule has 0 spiro atoms. The standard InChI is InChI=1S/C22H30O2/c1-6-16-17(7-2)19(9-4)21(22(23)24-10-5)20(18(16)8-3)15-13-11-12-14-15/h11-15H,6-10H2,1-5H3. The molecule has 0 radical (unpaired) electrons. The fourth-order valence-corrected chi connectivity index (χ4v) is 4.07. The first-order valence-corrected chi connectivity index (χ1v) is 9.35. The molecule has 1 aliphatic rings. The van der Waals surface area contributed by atoms with E-state index in [1.54, 1.807) is 0 Å². The summed E-state index contributed by atoms with van der Waals surface area (Å²) in [6.07, 6.45) is 12.3. The highest BCUT2D eigenvalue weighted by molar-refractivity contribution is 5.95. The van der Waals surface area contributed by atoms with Crippen LogP contribution < -0.4 is 0 Å². The highest BCUT2D eigenvalue weighted by Gasteiger charge is 2.28. The molecule has 1 aromatic carbocycles. The van der Waals surface area contributed by atoms with Crippen LogP contribution in [0.25, 0.3) is 0 Å². The van der Waals surface area contributed by atoms with Crippen molar-refractivity contribution >= 4 is 5.97 Å². The van der Waals surface area contributed by atoms with Crippen LogP contribution in [0.5, 0.6) is 0 Å². The predicted octanol–water partition coefficient (Wildman–Crippen LogP) is 5.32. The SMILES string of the molecule is CCOC(=O)c1c(CC)c(CC)c(CC)c(CC)c1C1C=CC=C1. The second kappa shape index (κ2) is 8.32. The molecule has 2 heteroatoms. The van der Waals surface area contributed by atoms with Gasteiger partial charge in [-0.2, -0.15) is 0 Å². The number of carbonyl (C=O) groups excluding carboxylic acids is 1. The third-order valence-electron chi connectivity index (χ3n) is 4.96. The van der Waals surface area contributed by atoms with E-state index in [1.807, 2.05) is 6.92 Å². The Kier molecular flexibility index (Phi) is 6.42. The van der Waals surface area contributed by atoms with Crippen molar-refractivity contribution in [1.82, 2.24) is 0 Å². The highest BCUT2D eigenvalue weighted by atomic mass is 16.5. The number of hydrogen-bond donors (Lipinski definition) is 0. The third kappa shape index (κ3) is 3.19. The molecule has 0 saturated heterocycles. The second-order valence-electron chi connectivity index (χ2n) is 6.13. The molecule has 2 rings (SSSR count). The Bertz CT molecular complexity index is 653. The predicted molar refractivity (Wildman–Crippen MR) is 101 cm³/mol. The van der Waals surface area contributed by atoms with Crippen molar-refractivity contribution in [3.05, 3.63) is 57.7 Å². The van der Waals surface area contributed by atoms with Gasteiger partial charge in [-0.05, 0) is 60.4 Å². The largest absolute Gasteiger partial charge is 0.462 e. The average molecular weight is 326 g/mol. The maximum atomic E-state index is 12.9. The summed E-state index contributed by atoms with van der Waals surface area (Å²) >= 11 is 0. The summed E-state index contributed by atoms with van der Waals surface area (Å²) in [5.41, 5.74) is 7.33. The number of esters is 1. The summed E-state index contributed by atoms with van der Waals surface area (Å²) in [6.45, 7) is 11.0. The van der Waals surface area contributed by atoms with Crippen molar-refractivity contribution in [1.29, 1.82) is 0 Å². The molecule has 0 aromatic heterocycles. The van der Waals surface area contributed by atoms with E-state index in [9.17, 15) is 4.79 Å². The van der Waals surface area contributed by atoms with Gasteiger partial charge >= 0.3 is 5.97 Å². The van der Waals surface area contributed by atoms with Gasteiger partial charge in [0.05, 0.1) is 12.2 Å². The Hall–Kier alpha value is -1.83. The third-order valence-corrected chi connectivity index (χ3v) is 4.96. The fraction of sp³-hybridized carbons (Fsp3) is 0.500. The zero-order chi connectivity index (χ0) is 17.7. The molecule has 1 aromatic rings. The Morgan fingerprint density at radius 3 is 1.79 bits per heavy atom. The summed E-state index contributed by atoms with van der Waals surface area (Å²) in [7, 11) is 0. The number of hydrogen-bond acceptors (Lipinski definition) is 2. The molecule has 0 fully saturated rings. The van der Waals surface area contributed by atoms with Gasteiger partial charge in [0.1, 0.15) is 0 Å². The summed E-state index contributed by atoms with van der Waals surface area (Å²) < 4.78 is 5.46. The first-order chi connectivity index (χ1) is 11.6. The fourth-order valence-electron chi connectivity index (χ4n) is 4.07. The van der Waals surface area contributed by atoms with E-state index < -0.39 is 0 Å². The van der Waals surface area contributed by atoms with Crippen LogP contribution in [0, 0.1) is 0 Å². The maximum absolute atomic E-state index is 12.9. The van der Waals surface area contributed by atoms with Gasteiger partial charge in [0.15, 0.2) is 0 Å². The molecule has 0 unspecified atom stereocenters. The summed E-state index contributed by atoms with van der Waals surface area (Å²) in [4.78, 5) is 12.9. The van der Waals surface area contributed by atoms with Crippen LogP contribution >= 0.6 is 0 Å². The van der Waals surface area contributed by atoms with Crippen LogP contribution in [-0.2, 0) is 30.4 Å². The Morgan fingerprint density at radius 1 is 0.833 bits per heavy atom. The smallest absolute Gasteiger partial charge is 0.338 e. The van der Waals surface area contributed by atoms with Gasteiger partial charge in [0.2, 0.25) is 0 Å². The van der Waals surface area contributed by atoms with Crippen LogP contribution in [0.1, 0.15) is 78.7 Å². The van der Waals surface area contributed by atoms with Gasteiger partial charge in [-0.15, -0.1) is 0 Å². The molecule has 130 valence electrons. The minimum absolute atomic E-state index is 0.162. The molecular formula is C22H30O2. The van der Waals surface area contributed by atoms with Gasteiger partial charge in [0, 0.05) is 5.92 Å². The molecule has 0 amide bonds. The van der Waals surface area contributed by atoms with Gasteiger partial charge in [-0.25, -0.2) is 4.79 Å². The molecule has 0 heterocycles. The molecule has 0 saturated carbocycles. The van der Waals surface area contributed by atoms with Crippen molar-refractivity contribution in [2.24, 2.45) is 0 Å².